The first-order valence-electron chi connectivity index (χ1n) is 7.68. The van der Waals surface area contributed by atoms with E-state index in [4.69, 9.17) is 0 Å². The van der Waals surface area contributed by atoms with E-state index in [0.717, 1.165) is 5.56 Å². The number of nitrogens with one attached hydrogen (secondary N) is 1. The second kappa shape index (κ2) is 6.24. The molecule has 1 fully saturated rings. The number of likely N-dealkylation sites (tertiary alicyclic amines) is 1. The summed E-state index contributed by atoms with van der Waals surface area (Å²) in [5, 5.41) is 6.84. The van der Waals surface area contributed by atoms with Gasteiger partial charge in [-0.05, 0) is 12.5 Å². The molecule has 1 aromatic heterocycles. The molecular weight excluding hydrogens is 292 g/mol. The zero-order valence-electron chi connectivity index (χ0n) is 13.3. The fourth-order valence-corrected chi connectivity index (χ4v) is 2.92. The lowest BCUT2D eigenvalue weighted by Gasteiger charge is -2.25. The van der Waals surface area contributed by atoms with Gasteiger partial charge in [0.2, 0.25) is 11.8 Å². The molecule has 1 aliphatic rings. The van der Waals surface area contributed by atoms with Crippen molar-refractivity contribution in [1.82, 2.24) is 14.7 Å². The number of nitrogens with zero attached hydrogens (tertiary/aromatic N) is 3. The Bertz CT molecular complexity index is 710. The molecule has 6 nitrogen and oxygen atoms in total. The lowest BCUT2D eigenvalue weighted by molar-refractivity contribution is -0.129. The van der Waals surface area contributed by atoms with Crippen molar-refractivity contribution in [2.45, 2.75) is 19.4 Å². The molecule has 6 heteroatoms. The smallest absolute Gasteiger partial charge is 0.229 e. The molecule has 2 amide bonds. The second-order valence-corrected chi connectivity index (χ2v) is 5.93. The first kappa shape index (κ1) is 15.3. The van der Waals surface area contributed by atoms with Crippen LogP contribution in [0.25, 0.3) is 0 Å². The molecule has 0 aliphatic carbocycles. The summed E-state index contributed by atoms with van der Waals surface area (Å²) in [6, 6.07) is 9.84. The fraction of sp³-hybridized carbons (Fsp3) is 0.353. The van der Waals surface area contributed by atoms with Crippen LogP contribution in [0.2, 0.25) is 0 Å². The Kier molecular flexibility index (Phi) is 4.14. The molecule has 0 unspecified atom stereocenters. The van der Waals surface area contributed by atoms with Crippen LogP contribution in [0, 0.1) is 5.92 Å². The monoisotopic (exact) mass is 312 g/mol. The minimum atomic E-state index is -0.325. The summed E-state index contributed by atoms with van der Waals surface area (Å²) in [6.45, 7) is 2.44. The fourth-order valence-electron chi connectivity index (χ4n) is 2.92. The quantitative estimate of drug-likeness (QED) is 0.938. The number of aryl methyl sites for hydroxylation is 1. The van der Waals surface area contributed by atoms with E-state index >= 15 is 0 Å². The van der Waals surface area contributed by atoms with Gasteiger partial charge in [-0.2, -0.15) is 5.10 Å². The molecule has 3 rings (SSSR count). The summed E-state index contributed by atoms with van der Waals surface area (Å²) in [4.78, 5) is 26.4. The van der Waals surface area contributed by atoms with Crippen LogP contribution in [0.4, 0.5) is 5.69 Å². The predicted molar refractivity (Wildman–Crippen MR) is 86.5 cm³/mol. The number of hydrogen-bond donors (Lipinski definition) is 1. The van der Waals surface area contributed by atoms with Gasteiger partial charge in [0, 0.05) is 26.2 Å². The van der Waals surface area contributed by atoms with E-state index in [0.29, 0.717) is 12.2 Å². The number of amides is 2. The Hall–Kier alpha value is -2.63. The van der Waals surface area contributed by atoms with Crippen LogP contribution in [-0.4, -0.2) is 33.0 Å². The topological polar surface area (TPSA) is 67.2 Å². The molecule has 1 N–H and O–H groups in total. The molecular formula is C17H20N4O2. The SMILES string of the molecule is C[C@H](c1ccccc1)N1C[C@@H](C(=O)Nc2cnn(C)c2)CC1=O. The van der Waals surface area contributed by atoms with Crippen LogP contribution in [0.1, 0.15) is 24.9 Å². The van der Waals surface area contributed by atoms with E-state index in [2.05, 4.69) is 10.4 Å². The normalized spacial score (nSPS) is 19.0. The van der Waals surface area contributed by atoms with Gasteiger partial charge in [-0.15, -0.1) is 0 Å². The molecule has 120 valence electrons. The van der Waals surface area contributed by atoms with E-state index in [1.807, 2.05) is 37.3 Å². The van der Waals surface area contributed by atoms with Gasteiger partial charge >= 0.3 is 0 Å². The Labute approximate surface area is 135 Å². The maximum Gasteiger partial charge on any atom is 0.229 e. The van der Waals surface area contributed by atoms with E-state index in [9.17, 15) is 9.59 Å². The zero-order chi connectivity index (χ0) is 16.4. The van der Waals surface area contributed by atoms with Crippen LogP contribution in [0.3, 0.4) is 0 Å². The van der Waals surface area contributed by atoms with Crippen LogP contribution in [0.15, 0.2) is 42.7 Å². The average molecular weight is 312 g/mol. The van der Waals surface area contributed by atoms with Crippen LogP contribution < -0.4 is 5.32 Å². The van der Waals surface area contributed by atoms with Crippen molar-refractivity contribution in [2.24, 2.45) is 13.0 Å². The molecule has 2 atom stereocenters. The van der Waals surface area contributed by atoms with Crippen molar-refractivity contribution in [2.75, 3.05) is 11.9 Å². The minimum absolute atomic E-state index is 0.0210. The highest BCUT2D eigenvalue weighted by atomic mass is 16.2. The average Bonchev–Trinajstić information content (AvgIpc) is 3.13. The largest absolute Gasteiger partial charge is 0.335 e. The van der Waals surface area contributed by atoms with E-state index in [1.165, 1.54) is 0 Å². The van der Waals surface area contributed by atoms with Gasteiger partial charge in [0.05, 0.1) is 23.8 Å². The predicted octanol–water partition coefficient (Wildman–Crippen LogP) is 1.97. The molecule has 1 aliphatic heterocycles. The number of benzene rings is 1. The Morgan fingerprint density at radius 2 is 2.09 bits per heavy atom. The van der Waals surface area contributed by atoms with Crippen molar-refractivity contribution in [3.05, 3.63) is 48.3 Å². The first-order valence-corrected chi connectivity index (χ1v) is 7.68. The summed E-state index contributed by atoms with van der Waals surface area (Å²) in [7, 11) is 1.79. The standard InChI is InChI=1S/C17H20N4O2/c1-12(13-6-4-3-5-7-13)21-10-14(8-16(21)22)17(23)19-15-9-18-20(2)11-15/h3-7,9,11-12,14H,8,10H2,1-2H3,(H,19,23)/t12-,14+/m1/s1. The van der Waals surface area contributed by atoms with Crippen molar-refractivity contribution in [1.29, 1.82) is 0 Å². The second-order valence-electron chi connectivity index (χ2n) is 5.93. The van der Waals surface area contributed by atoms with Crippen LogP contribution >= 0.6 is 0 Å². The summed E-state index contributed by atoms with van der Waals surface area (Å²) in [5.41, 5.74) is 1.73. The number of hydrogen-bond acceptors (Lipinski definition) is 3. The maximum atomic E-state index is 12.3. The molecule has 1 saturated heterocycles. The van der Waals surface area contributed by atoms with E-state index in [-0.39, 0.29) is 30.2 Å². The third-order valence-corrected chi connectivity index (χ3v) is 4.25. The van der Waals surface area contributed by atoms with Gasteiger partial charge in [0.1, 0.15) is 0 Å². The molecule has 0 saturated carbocycles. The van der Waals surface area contributed by atoms with Gasteiger partial charge in [-0.25, -0.2) is 0 Å². The summed E-state index contributed by atoms with van der Waals surface area (Å²) in [6.07, 6.45) is 3.58. The van der Waals surface area contributed by atoms with E-state index in [1.54, 1.807) is 29.0 Å². The molecule has 0 radical (unpaired) electrons. The number of rotatable bonds is 4. The van der Waals surface area contributed by atoms with Gasteiger partial charge < -0.3 is 10.2 Å². The van der Waals surface area contributed by atoms with Crippen molar-refractivity contribution in [3.63, 3.8) is 0 Å². The maximum absolute atomic E-state index is 12.3. The van der Waals surface area contributed by atoms with Crippen molar-refractivity contribution >= 4 is 17.5 Å². The molecule has 23 heavy (non-hydrogen) atoms. The number of anilines is 1. The molecule has 0 spiro atoms. The highest BCUT2D eigenvalue weighted by Crippen LogP contribution is 2.29. The molecule has 1 aromatic carbocycles. The summed E-state index contributed by atoms with van der Waals surface area (Å²) in [5.74, 6) is -0.435. The molecule has 0 bridgehead atoms. The van der Waals surface area contributed by atoms with Crippen molar-refractivity contribution in [3.8, 4) is 0 Å². The lowest BCUT2D eigenvalue weighted by Crippen LogP contribution is -2.30. The Morgan fingerprint density at radius 1 is 1.35 bits per heavy atom. The van der Waals surface area contributed by atoms with Gasteiger partial charge in [-0.1, -0.05) is 30.3 Å². The summed E-state index contributed by atoms with van der Waals surface area (Å²) < 4.78 is 1.62. The number of aromatic nitrogens is 2. The highest BCUT2D eigenvalue weighted by molar-refractivity contribution is 5.97. The van der Waals surface area contributed by atoms with Crippen LogP contribution in [-0.2, 0) is 16.6 Å². The van der Waals surface area contributed by atoms with Gasteiger partial charge in [0.15, 0.2) is 0 Å². The third kappa shape index (κ3) is 3.26. The first-order chi connectivity index (χ1) is 11.0. The van der Waals surface area contributed by atoms with Crippen molar-refractivity contribution < 1.29 is 9.59 Å². The Morgan fingerprint density at radius 3 is 2.74 bits per heavy atom. The third-order valence-electron chi connectivity index (χ3n) is 4.25. The molecule has 2 aromatic rings. The number of carbonyl (C=O) groups is 2. The summed E-state index contributed by atoms with van der Waals surface area (Å²) >= 11 is 0. The molecule has 2 heterocycles. The lowest BCUT2D eigenvalue weighted by atomic mass is 10.1. The van der Waals surface area contributed by atoms with Gasteiger partial charge in [0.25, 0.3) is 0 Å². The van der Waals surface area contributed by atoms with E-state index < -0.39 is 0 Å². The zero-order valence-corrected chi connectivity index (χ0v) is 13.3. The van der Waals surface area contributed by atoms with Gasteiger partial charge in [-0.3, -0.25) is 14.3 Å². The Balaban J connectivity index is 1.66. The highest BCUT2D eigenvalue weighted by Gasteiger charge is 2.37. The minimum Gasteiger partial charge on any atom is -0.335 e. The van der Waals surface area contributed by atoms with Crippen LogP contribution in [0.5, 0.6) is 0 Å². The number of carbonyl (C=O) groups excluding carboxylic acids is 2.